The minimum absolute atomic E-state index is 0.104. The summed E-state index contributed by atoms with van der Waals surface area (Å²) in [7, 11) is 0.965. The third kappa shape index (κ3) is 4.36. The first-order valence-corrected chi connectivity index (χ1v) is 9.38. The van der Waals surface area contributed by atoms with E-state index in [1.165, 1.54) is 38.5 Å². The molecule has 144 valence electrons. The fourth-order valence-corrected chi connectivity index (χ4v) is 3.69. The van der Waals surface area contributed by atoms with Crippen molar-refractivity contribution in [2.75, 3.05) is 18.9 Å². The molecule has 0 saturated carbocycles. The molecule has 2 aromatic carbocycles. The van der Waals surface area contributed by atoms with Gasteiger partial charge in [0, 0.05) is 0 Å². The maximum absolute atomic E-state index is 13.4. The molecule has 2 aromatic rings. The van der Waals surface area contributed by atoms with E-state index in [0.29, 0.717) is 21.9 Å². The molecule has 0 fully saturated rings. The standard InChI is InChI=1S/C20H22FNO4S/c1-6-13-11-14(21)7-10-17(13)27(24)22-16-9-8-15(12(2)3)19(25-4)18(16)20(23)26-5/h6-12,22H,1H2,2-5H3. The number of benzene rings is 2. The summed E-state index contributed by atoms with van der Waals surface area (Å²) < 4.78 is 39.4. The van der Waals surface area contributed by atoms with Gasteiger partial charge in [-0.05, 0) is 41.3 Å². The Morgan fingerprint density at radius 2 is 1.96 bits per heavy atom. The molecule has 0 radical (unpaired) electrons. The molecule has 0 aliphatic carbocycles. The van der Waals surface area contributed by atoms with E-state index in [1.807, 2.05) is 13.8 Å². The fourth-order valence-electron chi connectivity index (χ4n) is 2.67. The molecule has 7 heteroatoms. The largest absolute Gasteiger partial charge is 0.495 e. The maximum atomic E-state index is 13.4. The average molecular weight is 391 g/mol. The molecule has 0 heterocycles. The van der Waals surface area contributed by atoms with Gasteiger partial charge in [0.15, 0.2) is 11.0 Å². The van der Waals surface area contributed by atoms with Crippen LogP contribution in [0.2, 0.25) is 0 Å². The minimum atomic E-state index is -1.76. The zero-order valence-corrected chi connectivity index (χ0v) is 16.5. The van der Waals surface area contributed by atoms with Crippen molar-refractivity contribution in [1.29, 1.82) is 0 Å². The molecular formula is C20H22FNO4S. The Morgan fingerprint density at radius 1 is 1.26 bits per heavy atom. The second-order valence-corrected chi connectivity index (χ2v) is 7.20. The minimum Gasteiger partial charge on any atom is -0.495 e. The number of methoxy groups -OCH3 is 2. The zero-order chi connectivity index (χ0) is 20.1. The number of carbonyl (C=O) groups is 1. The van der Waals surface area contributed by atoms with Crippen molar-refractivity contribution in [1.82, 2.24) is 0 Å². The average Bonchev–Trinajstić information content (AvgIpc) is 2.66. The quantitative estimate of drug-likeness (QED) is 0.705. The molecule has 1 atom stereocenters. The Balaban J connectivity index is 2.54. The lowest BCUT2D eigenvalue weighted by atomic mass is 9.98. The van der Waals surface area contributed by atoms with Crippen molar-refractivity contribution < 1.29 is 22.9 Å². The van der Waals surface area contributed by atoms with E-state index in [-0.39, 0.29) is 11.5 Å². The molecule has 27 heavy (non-hydrogen) atoms. The van der Waals surface area contributed by atoms with Crippen molar-refractivity contribution in [3.05, 3.63) is 59.4 Å². The SMILES string of the molecule is C=Cc1cc(F)ccc1S(=O)Nc1ccc(C(C)C)c(OC)c1C(=O)OC. The number of carbonyl (C=O) groups excluding carboxylic acids is 1. The summed E-state index contributed by atoms with van der Waals surface area (Å²) in [6.07, 6.45) is 1.42. The Labute approximate surface area is 160 Å². The van der Waals surface area contributed by atoms with Gasteiger partial charge in [-0.1, -0.05) is 32.6 Å². The van der Waals surface area contributed by atoms with Crippen LogP contribution in [-0.2, 0) is 15.7 Å². The number of ether oxygens (including phenoxy) is 2. The fraction of sp³-hybridized carbons (Fsp3) is 0.250. The predicted molar refractivity (Wildman–Crippen MR) is 105 cm³/mol. The van der Waals surface area contributed by atoms with Gasteiger partial charge in [0.25, 0.3) is 0 Å². The molecule has 0 bridgehead atoms. The van der Waals surface area contributed by atoms with E-state index in [9.17, 15) is 13.4 Å². The van der Waals surface area contributed by atoms with E-state index >= 15 is 0 Å². The van der Waals surface area contributed by atoms with Crippen LogP contribution in [0, 0.1) is 5.82 Å². The number of nitrogens with one attached hydrogen (secondary N) is 1. The smallest absolute Gasteiger partial charge is 0.343 e. The van der Waals surface area contributed by atoms with Gasteiger partial charge >= 0.3 is 5.97 Å². The van der Waals surface area contributed by atoms with Crippen LogP contribution in [0.5, 0.6) is 5.75 Å². The highest BCUT2D eigenvalue weighted by Gasteiger charge is 2.24. The van der Waals surface area contributed by atoms with Gasteiger partial charge in [-0.3, -0.25) is 0 Å². The Kier molecular flexibility index (Phi) is 6.74. The summed E-state index contributed by atoms with van der Waals surface area (Å²) in [5.74, 6) is -0.602. The molecule has 1 N–H and O–H groups in total. The van der Waals surface area contributed by atoms with Gasteiger partial charge in [-0.15, -0.1) is 0 Å². The van der Waals surface area contributed by atoms with Gasteiger partial charge in [-0.25, -0.2) is 13.4 Å². The Bertz CT molecular complexity index is 896. The normalized spacial score (nSPS) is 11.8. The van der Waals surface area contributed by atoms with Crippen LogP contribution in [0.3, 0.4) is 0 Å². The van der Waals surface area contributed by atoms with Crippen LogP contribution >= 0.6 is 0 Å². The van der Waals surface area contributed by atoms with Crippen molar-refractivity contribution in [3.8, 4) is 5.75 Å². The Hall–Kier alpha value is -2.67. The number of anilines is 1. The third-order valence-corrected chi connectivity index (χ3v) is 5.17. The van der Waals surface area contributed by atoms with Gasteiger partial charge in [-0.2, -0.15) is 0 Å². The highest BCUT2D eigenvalue weighted by Crippen LogP contribution is 2.36. The number of hydrogen-bond donors (Lipinski definition) is 1. The van der Waals surface area contributed by atoms with Crippen molar-refractivity contribution >= 4 is 28.7 Å². The van der Waals surface area contributed by atoms with E-state index < -0.39 is 22.8 Å². The maximum Gasteiger partial charge on any atom is 0.343 e. The summed E-state index contributed by atoms with van der Waals surface area (Å²) in [6, 6.07) is 7.32. The molecule has 0 aliphatic heterocycles. The van der Waals surface area contributed by atoms with E-state index in [4.69, 9.17) is 9.47 Å². The van der Waals surface area contributed by atoms with Crippen molar-refractivity contribution in [2.24, 2.45) is 0 Å². The molecular weight excluding hydrogens is 369 g/mol. The van der Waals surface area contributed by atoms with Crippen molar-refractivity contribution in [2.45, 2.75) is 24.7 Å². The first kappa shape index (κ1) is 20.6. The van der Waals surface area contributed by atoms with Crippen LogP contribution in [0.1, 0.15) is 41.3 Å². The van der Waals surface area contributed by atoms with Gasteiger partial charge in [0.1, 0.15) is 17.1 Å². The van der Waals surface area contributed by atoms with E-state index in [1.54, 1.807) is 12.1 Å². The van der Waals surface area contributed by atoms with Gasteiger partial charge in [0.2, 0.25) is 0 Å². The van der Waals surface area contributed by atoms with Gasteiger partial charge in [0.05, 0.1) is 24.8 Å². The second-order valence-electron chi connectivity index (χ2n) is 6.01. The number of esters is 1. The van der Waals surface area contributed by atoms with Crippen LogP contribution in [0.4, 0.5) is 10.1 Å². The third-order valence-electron chi connectivity index (χ3n) is 4.00. The lowest BCUT2D eigenvalue weighted by Gasteiger charge is -2.19. The molecule has 5 nitrogen and oxygen atoms in total. The second kappa shape index (κ2) is 8.81. The highest BCUT2D eigenvalue weighted by molar-refractivity contribution is 7.86. The molecule has 2 rings (SSSR count). The number of hydrogen-bond acceptors (Lipinski definition) is 4. The summed E-state index contributed by atoms with van der Waals surface area (Å²) in [5.41, 5.74) is 1.66. The van der Waals surface area contributed by atoms with Crippen molar-refractivity contribution in [3.63, 3.8) is 0 Å². The number of rotatable bonds is 7. The summed E-state index contributed by atoms with van der Waals surface area (Å²) in [6.45, 7) is 7.56. The van der Waals surface area contributed by atoms with Crippen LogP contribution in [0.25, 0.3) is 6.08 Å². The first-order chi connectivity index (χ1) is 12.8. The molecule has 0 amide bonds. The molecule has 0 aromatic heterocycles. The van der Waals surface area contributed by atoms with E-state index in [2.05, 4.69) is 11.3 Å². The summed E-state index contributed by atoms with van der Waals surface area (Å²) in [5, 5.41) is 0. The highest BCUT2D eigenvalue weighted by atomic mass is 32.2. The number of halogens is 1. The van der Waals surface area contributed by atoms with E-state index in [0.717, 1.165) is 5.56 Å². The lowest BCUT2D eigenvalue weighted by Crippen LogP contribution is -2.14. The van der Waals surface area contributed by atoms with Crippen LogP contribution < -0.4 is 9.46 Å². The molecule has 0 spiro atoms. The molecule has 1 unspecified atom stereocenters. The summed E-state index contributed by atoms with van der Waals surface area (Å²) in [4.78, 5) is 12.7. The molecule has 0 saturated heterocycles. The zero-order valence-electron chi connectivity index (χ0n) is 15.7. The van der Waals surface area contributed by atoms with Gasteiger partial charge < -0.3 is 14.2 Å². The summed E-state index contributed by atoms with van der Waals surface area (Å²) >= 11 is 0. The van der Waals surface area contributed by atoms with Crippen LogP contribution in [-0.4, -0.2) is 24.4 Å². The topological polar surface area (TPSA) is 64.6 Å². The predicted octanol–water partition coefficient (Wildman–Crippen LogP) is 4.52. The monoisotopic (exact) mass is 391 g/mol. The lowest BCUT2D eigenvalue weighted by molar-refractivity contribution is 0.0598. The first-order valence-electron chi connectivity index (χ1n) is 8.23. The van der Waals surface area contributed by atoms with Crippen LogP contribution in [0.15, 0.2) is 41.8 Å². The Morgan fingerprint density at radius 3 is 2.52 bits per heavy atom. The molecule has 0 aliphatic rings.